The third-order valence-corrected chi connectivity index (χ3v) is 7.39. The summed E-state index contributed by atoms with van der Waals surface area (Å²) in [5, 5.41) is 0. The number of methoxy groups -OCH3 is 1. The van der Waals surface area contributed by atoms with Gasteiger partial charge >= 0.3 is 0 Å². The van der Waals surface area contributed by atoms with Crippen molar-refractivity contribution < 1.29 is 9.13 Å². The van der Waals surface area contributed by atoms with Crippen molar-refractivity contribution in [2.24, 2.45) is 0 Å². The van der Waals surface area contributed by atoms with Gasteiger partial charge in [-0.05, 0) is 26.2 Å². The van der Waals surface area contributed by atoms with Crippen LogP contribution in [0.3, 0.4) is 0 Å². The molecule has 2 unspecified atom stereocenters. The zero-order valence-electron chi connectivity index (χ0n) is 27.3. The van der Waals surface area contributed by atoms with E-state index in [0.29, 0.717) is 12.5 Å². The van der Waals surface area contributed by atoms with E-state index >= 15 is 0 Å². The SMILES string of the molecule is CCCCCCCC(C)OC.CCCCCCCCCCC(F)CC.CCCCCCCCCCCC. The number of alkyl halides is 1. The molecule has 0 aromatic rings. The summed E-state index contributed by atoms with van der Waals surface area (Å²) in [6.45, 7) is 13.1. The molecule has 2 atom stereocenters. The monoisotopic (exact) mass is 531 g/mol. The Hall–Kier alpha value is -0.110. The first-order valence-electron chi connectivity index (χ1n) is 17.2. The number of hydrogen-bond donors (Lipinski definition) is 0. The molecule has 0 bridgehead atoms. The lowest BCUT2D eigenvalue weighted by molar-refractivity contribution is 0.108. The van der Waals surface area contributed by atoms with Gasteiger partial charge in [0.25, 0.3) is 0 Å². The third-order valence-electron chi connectivity index (χ3n) is 7.39. The van der Waals surface area contributed by atoms with Gasteiger partial charge in [0.2, 0.25) is 0 Å². The summed E-state index contributed by atoms with van der Waals surface area (Å²) in [5.41, 5.74) is 0. The van der Waals surface area contributed by atoms with E-state index in [1.807, 2.05) is 6.92 Å². The highest BCUT2D eigenvalue weighted by atomic mass is 19.1. The molecule has 0 heterocycles. The summed E-state index contributed by atoms with van der Waals surface area (Å²) in [7, 11) is 1.79. The Kier molecular flexibility index (Phi) is 45.2. The van der Waals surface area contributed by atoms with Crippen LogP contribution in [0.4, 0.5) is 4.39 Å². The first-order chi connectivity index (χ1) is 18.0. The van der Waals surface area contributed by atoms with E-state index < -0.39 is 6.17 Å². The fraction of sp³-hybridized carbons (Fsp3) is 1.00. The van der Waals surface area contributed by atoms with E-state index in [0.717, 1.165) is 12.8 Å². The average molecular weight is 531 g/mol. The highest BCUT2D eigenvalue weighted by Gasteiger charge is 2.01. The van der Waals surface area contributed by atoms with Gasteiger partial charge in [-0.3, -0.25) is 0 Å². The molecule has 0 aromatic heterocycles. The van der Waals surface area contributed by atoms with E-state index in [-0.39, 0.29) is 0 Å². The summed E-state index contributed by atoms with van der Waals surface area (Å²) >= 11 is 0. The summed E-state index contributed by atoms with van der Waals surface area (Å²) < 4.78 is 18.0. The molecule has 1 nitrogen and oxygen atoms in total. The smallest absolute Gasteiger partial charge is 0.0999 e. The van der Waals surface area contributed by atoms with Gasteiger partial charge in [-0.1, -0.05) is 182 Å². The van der Waals surface area contributed by atoms with Crippen LogP contribution in [0.25, 0.3) is 0 Å². The molecule has 0 aromatic carbocycles. The van der Waals surface area contributed by atoms with Crippen molar-refractivity contribution in [2.75, 3.05) is 7.11 Å². The molecule has 0 fully saturated rings. The Bertz CT molecular complexity index is 336. The molecule has 2 heteroatoms. The second-order valence-electron chi connectivity index (χ2n) is 11.3. The Morgan fingerprint density at radius 1 is 0.432 bits per heavy atom. The second kappa shape index (κ2) is 40.4. The lowest BCUT2D eigenvalue weighted by atomic mass is 10.1. The van der Waals surface area contributed by atoms with Gasteiger partial charge in [-0.2, -0.15) is 0 Å². The molecule has 37 heavy (non-hydrogen) atoms. The molecular weight excluding hydrogens is 455 g/mol. The van der Waals surface area contributed by atoms with Gasteiger partial charge in [0.15, 0.2) is 0 Å². The lowest BCUT2D eigenvalue weighted by Crippen LogP contribution is -2.03. The first-order valence-corrected chi connectivity index (χ1v) is 17.2. The van der Waals surface area contributed by atoms with Gasteiger partial charge in [-0.15, -0.1) is 0 Å². The minimum absolute atomic E-state index is 0.455. The average Bonchev–Trinajstić information content (AvgIpc) is 2.92. The van der Waals surface area contributed by atoms with Crippen LogP contribution in [0, 0.1) is 0 Å². The van der Waals surface area contributed by atoms with Crippen LogP contribution >= 0.6 is 0 Å². The summed E-state index contributed by atoms with van der Waals surface area (Å²) in [6.07, 6.45) is 34.3. The maximum atomic E-state index is 12.8. The predicted molar refractivity (Wildman–Crippen MR) is 170 cm³/mol. The van der Waals surface area contributed by atoms with Crippen molar-refractivity contribution >= 4 is 0 Å². The van der Waals surface area contributed by atoms with Crippen LogP contribution in [0.5, 0.6) is 0 Å². The van der Waals surface area contributed by atoms with E-state index in [1.165, 1.54) is 148 Å². The zero-order valence-corrected chi connectivity index (χ0v) is 27.3. The second-order valence-corrected chi connectivity index (χ2v) is 11.3. The van der Waals surface area contributed by atoms with Crippen LogP contribution < -0.4 is 0 Å². The maximum Gasteiger partial charge on any atom is 0.0999 e. The van der Waals surface area contributed by atoms with Gasteiger partial charge in [0.1, 0.15) is 0 Å². The Morgan fingerprint density at radius 3 is 0.973 bits per heavy atom. The van der Waals surface area contributed by atoms with Crippen LogP contribution in [0.1, 0.15) is 208 Å². The number of hydrogen-bond acceptors (Lipinski definition) is 1. The van der Waals surface area contributed by atoms with Crippen LogP contribution in [0.15, 0.2) is 0 Å². The molecule has 0 rings (SSSR count). The molecule has 0 saturated heterocycles. The summed E-state index contributed by atoms with van der Waals surface area (Å²) in [5.74, 6) is 0. The highest BCUT2D eigenvalue weighted by molar-refractivity contribution is 4.54. The quantitative estimate of drug-likeness (QED) is 0.101. The van der Waals surface area contributed by atoms with Crippen molar-refractivity contribution in [2.45, 2.75) is 221 Å². The minimum atomic E-state index is -0.546. The molecule has 228 valence electrons. The van der Waals surface area contributed by atoms with E-state index in [9.17, 15) is 4.39 Å². The first kappa shape index (κ1) is 41.4. The molecular formula is C35H75FO. The lowest BCUT2D eigenvalue weighted by Gasteiger charge is -2.07. The van der Waals surface area contributed by atoms with Gasteiger partial charge in [0.05, 0.1) is 12.3 Å². The Morgan fingerprint density at radius 2 is 0.703 bits per heavy atom. The van der Waals surface area contributed by atoms with Gasteiger partial charge in [-0.25, -0.2) is 4.39 Å². The predicted octanol–water partition coefficient (Wildman–Crippen LogP) is 13.6. The number of ether oxygens (including phenoxy) is 1. The summed E-state index contributed by atoms with van der Waals surface area (Å²) in [4.78, 5) is 0. The van der Waals surface area contributed by atoms with E-state index in [1.54, 1.807) is 7.11 Å². The van der Waals surface area contributed by atoms with Crippen molar-refractivity contribution in [3.63, 3.8) is 0 Å². The highest BCUT2D eigenvalue weighted by Crippen LogP contribution is 2.13. The minimum Gasteiger partial charge on any atom is -0.382 e. The maximum absolute atomic E-state index is 12.8. The molecule has 0 amide bonds. The normalized spacial score (nSPS) is 12.3. The van der Waals surface area contributed by atoms with E-state index in [4.69, 9.17) is 4.74 Å². The molecule has 0 aliphatic rings. The standard InChI is InChI=1S/C13H27F.C12H26.C10H22O/c1-3-5-6-7-8-9-10-11-12-13(14)4-2;1-3-5-7-9-11-12-10-8-6-4-2;1-4-5-6-7-8-9-10(2)11-3/h13H,3-12H2,1-2H3;3-12H2,1-2H3;10H,4-9H2,1-3H3. The molecule has 0 spiro atoms. The molecule has 0 aliphatic carbocycles. The summed E-state index contributed by atoms with van der Waals surface area (Å²) in [6, 6.07) is 0. The van der Waals surface area contributed by atoms with Crippen molar-refractivity contribution in [1.29, 1.82) is 0 Å². The third kappa shape index (κ3) is 46.1. The van der Waals surface area contributed by atoms with Gasteiger partial charge < -0.3 is 4.74 Å². The number of halogens is 1. The molecule has 0 saturated carbocycles. The van der Waals surface area contributed by atoms with E-state index in [2.05, 4.69) is 34.6 Å². The fourth-order valence-electron chi connectivity index (χ4n) is 4.42. The van der Waals surface area contributed by atoms with Crippen LogP contribution in [-0.2, 0) is 4.74 Å². The van der Waals surface area contributed by atoms with Gasteiger partial charge in [0, 0.05) is 7.11 Å². The van der Waals surface area contributed by atoms with Crippen LogP contribution in [-0.4, -0.2) is 19.4 Å². The van der Waals surface area contributed by atoms with Crippen molar-refractivity contribution in [3.8, 4) is 0 Å². The van der Waals surface area contributed by atoms with Crippen LogP contribution in [0.2, 0.25) is 0 Å². The van der Waals surface area contributed by atoms with Crippen molar-refractivity contribution in [3.05, 3.63) is 0 Å². The largest absolute Gasteiger partial charge is 0.382 e. The Labute approximate surface area is 236 Å². The van der Waals surface area contributed by atoms with Crippen molar-refractivity contribution in [1.82, 2.24) is 0 Å². The number of unbranched alkanes of at least 4 members (excludes halogenated alkanes) is 20. The molecule has 0 radical (unpaired) electrons. The molecule has 0 N–H and O–H groups in total. The zero-order chi connectivity index (χ0) is 28.2. The fourth-order valence-corrected chi connectivity index (χ4v) is 4.42. The number of rotatable bonds is 26. The topological polar surface area (TPSA) is 9.23 Å². The molecule has 0 aliphatic heterocycles. The Balaban J connectivity index is -0.000000473.